The third kappa shape index (κ3) is 1.25. The molecule has 0 amide bonds. The average Bonchev–Trinajstić information content (AvgIpc) is 2.12. The smallest absolute Gasteiger partial charge is 0.120 e. The molecule has 1 heterocycles. The first kappa shape index (κ1) is 8.38. The summed E-state index contributed by atoms with van der Waals surface area (Å²) in [6.45, 7) is 2.97. The number of hydrogen-bond donors (Lipinski definition) is 3. The van der Waals surface area contributed by atoms with Crippen LogP contribution in [0, 0.1) is 0 Å². The number of hydrogen-bond acceptors (Lipinski definition) is 3. The molecule has 0 saturated heterocycles. The summed E-state index contributed by atoms with van der Waals surface area (Å²) in [4.78, 5) is 0. The Kier molecular flexibility index (Phi) is 1.88. The average molecular weight is 178 g/mol. The number of nitrogen functional groups attached to an aromatic ring is 1. The second kappa shape index (κ2) is 2.92. The molecule has 13 heavy (non-hydrogen) atoms. The molecule has 0 fully saturated rings. The minimum Gasteiger partial charge on any atom is -0.508 e. The molecule has 2 rings (SSSR count). The Labute approximate surface area is 77.6 Å². The fourth-order valence-corrected chi connectivity index (χ4v) is 1.95. The van der Waals surface area contributed by atoms with Gasteiger partial charge >= 0.3 is 0 Å². The van der Waals surface area contributed by atoms with Crippen molar-refractivity contribution < 1.29 is 5.11 Å². The number of nitrogens with two attached hydrogens (primary N) is 1. The number of aromatic hydroxyl groups is 1. The summed E-state index contributed by atoms with van der Waals surface area (Å²) in [5, 5.41) is 12.9. The second-order valence-electron chi connectivity index (χ2n) is 3.49. The summed E-state index contributed by atoms with van der Waals surface area (Å²) in [6, 6.07) is 3.64. The predicted molar refractivity (Wildman–Crippen MR) is 52.6 cm³/mol. The van der Waals surface area contributed by atoms with Crippen LogP contribution in [0.15, 0.2) is 12.1 Å². The molecule has 70 valence electrons. The first-order valence-electron chi connectivity index (χ1n) is 4.53. The molecule has 0 aromatic heterocycles. The molecule has 4 N–H and O–H groups in total. The minimum absolute atomic E-state index is 0.201. The molecular formula is C10H14N2O. The number of phenols is 1. The highest BCUT2D eigenvalue weighted by atomic mass is 16.3. The highest BCUT2D eigenvalue weighted by molar-refractivity contribution is 5.58. The molecule has 3 heteroatoms. The van der Waals surface area contributed by atoms with E-state index in [9.17, 15) is 5.11 Å². The summed E-state index contributed by atoms with van der Waals surface area (Å²) < 4.78 is 0. The summed E-state index contributed by atoms with van der Waals surface area (Å²) in [6.07, 6.45) is 0.903. The molecule has 1 unspecified atom stereocenters. The van der Waals surface area contributed by atoms with E-state index in [2.05, 4.69) is 5.32 Å². The zero-order valence-corrected chi connectivity index (χ0v) is 7.67. The Bertz CT molecular complexity index is 336. The van der Waals surface area contributed by atoms with Crippen molar-refractivity contribution in [1.29, 1.82) is 0 Å². The van der Waals surface area contributed by atoms with Gasteiger partial charge in [0.1, 0.15) is 5.75 Å². The van der Waals surface area contributed by atoms with Gasteiger partial charge in [-0.15, -0.1) is 0 Å². The van der Waals surface area contributed by atoms with E-state index in [1.165, 1.54) is 0 Å². The normalized spacial score (nSPS) is 21.2. The van der Waals surface area contributed by atoms with Gasteiger partial charge in [0.05, 0.1) is 0 Å². The van der Waals surface area contributed by atoms with E-state index in [0.717, 1.165) is 29.8 Å². The van der Waals surface area contributed by atoms with E-state index >= 15 is 0 Å². The van der Waals surface area contributed by atoms with E-state index in [1.54, 1.807) is 12.1 Å². The van der Waals surface area contributed by atoms with Crippen molar-refractivity contribution in [2.45, 2.75) is 19.4 Å². The predicted octanol–water partition coefficient (Wildman–Crippen LogP) is 1.18. The van der Waals surface area contributed by atoms with Crippen molar-refractivity contribution in [1.82, 2.24) is 5.32 Å². The first-order chi connectivity index (χ1) is 6.20. The zero-order chi connectivity index (χ0) is 9.42. The molecule has 0 radical (unpaired) electrons. The summed E-state index contributed by atoms with van der Waals surface area (Å²) in [7, 11) is 0. The molecule has 1 atom stereocenters. The zero-order valence-electron chi connectivity index (χ0n) is 7.67. The van der Waals surface area contributed by atoms with Crippen LogP contribution < -0.4 is 11.1 Å². The van der Waals surface area contributed by atoms with Crippen molar-refractivity contribution in [2.75, 3.05) is 12.3 Å². The van der Waals surface area contributed by atoms with Gasteiger partial charge in [-0.2, -0.15) is 0 Å². The largest absolute Gasteiger partial charge is 0.508 e. The second-order valence-corrected chi connectivity index (χ2v) is 3.49. The third-order valence-electron chi connectivity index (χ3n) is 2.63. The molecule has 0 spiro atoms. The molecule has 1 aromatic rings. The molecular weight excluding hydrogens is 164 g/mol. The van der Waals surface area contributed by atoms with Crippen LogP contribution in [0.4, 0.5) is 5.69 Å². The number of phenolic OH excluding ortho intramolecular Hbond substituents is 1. The van der Waals surface area contributed by atoms with Gasteiger partial charge in [0.15, 0.2) is 0 Å². The SMILES string of the molecule is CC1NCCc2c(N)ccc(O)c21. The Balaban J connectivity index is 2.60. The van der Waals surface area contributed by atoms with Gasteiger partial charge in [-0.05, 0) is 37.6 Å². The fraction of sp³-hybridized carbons (Fsp3) is 0.400. The monoisotopic (exact) mass is 178 g/mol. The Morgan fingerprint density at radius 1 is 1.54 bits per heavy atom. The van der Waals surface area contributed by atoms with Crippen LogP contribution in [-0.2, 0) is 6.42 Å². The number of benzene rings is 1. The van der Waals surface area contributed by atoms with E-state index in [1.807, 2.05) is 6.92 Å². The molecule has 1 aromatic carbocycles. The van der Waals surface area contributed by atoms with E-state index in [0.29, 0.717) is 5.75 Å². The lowest BCUT2D eigenvalue weighted by Gasteiger charge is -2.25. The highest BCUT2D eigenvalue weighted by Crippen LogP contribution is 2.33. The summed E-state index contributed by atoms with van der Waals surface area (Å²) >= 11 is 0. The lowest BCUT2D eigenvalue weighted by molar-refractivity contribution is 0.443. The molecule has 1 aliphatic heterocycles. The van der Waals surface area contributed by atoms with E-state index in [4.69, 9.17) is 5.73 Å². The minimum atomic E-state index is 0.201. The maximum absolute atomic E-state index is 9.66. The molecule has 0 bridgehead atoms. The number of fused-ring (bicyclic) bond motifs is 1. The maximum atomic E-state index is 9.66. The maximum Gasteiger partial charge on any atom is 0.120 e. The standard InChI is InChI=1S/C10H14N2O/c1-6-10-7(4-5-12-6)8(11)2-3-9(10)13/h2-3,6,12-13H,4-5,11H2,1H3. The Morgan fingerprint density at radius 3 is 3.00 bits per heavy atom. The molecule has 3 nitrogen and oxygen atoms in total. The van der Waals surface area contributed by atoms with Gasteiger partial charge in [-0.3, -0.25) is 0 Å². The van der Waals surface area contributed by atoms with Crippen LogP contribution in [0.5, 0.6) is 5.75 Å². The van der Waals surface area contributed by atoms with E-state index < -0.39 is 0 Å². The third-order valence-corrected chi connectivity index (χ3v) is 2.63. The Hall–Kier alpha value is -1.22. The van der Waals surface area contributed by atoms with Crippen LogP contribution in [0.2, 0.25) is 0 Å². The van der Waals surface area contributed by atoms with E-state index in [-0.39, 0.29) is 6.04 Å². The van der Waals surface area contributed by atoms with Gasteiger partial charge < -0.3 is 16.2 Å². The van der Waals surface area contributed by atoms with Gasteiger partial charge in [0.25, 0.3) is 0 Å². The molecule has 0 saturated carbocycles. The highest BCUT2D eigenvalue weighted by Gasteiger charge is 2.20. The number of rotatable bonds is 0. The van der Waals surface area contributed by atoms with Crippen molar-refractivity contribution in [3.63, 3.8) is 0 Å². The van der Waals surface area contributed by atoms with Gasteiger partial charge in [0, 0.05) is 17.3 Å². The lowest BCUT2D eigenvalue weighted by Crippen LogP contribution is -2.28. The van der Waals surface area contributed by atoms with Crippen LogP contribution >= 0.6 is 0 Å². The molecule has 1 aliphatic rings. The van der Waals surface area contributed by atoms with Crippen molar-refractivity contribution in [3.8, 4) is 5.75 Å². The Morgan fingerprint density at radius 2 is 2.31 bits per heavy atom. The van der Waals surface area contributed by atoms with Crippen LogP contribution in [0.25, 0.3) is 0 Å². The summed E-state index contributed by atoms with van der Waals surface area (Å²) in [5.41, 5.74) is 8.69. The van der Waals surface area contributed by atoms with Gasteiger partial charge in [0.2, 0.25) is 0 Å². The first-order valence-corrected chi connectivity index (χ1v) is 4.53. The van der Waals surface area contributed by atoms with Gasteiger partial charge in [-0.25, -0.2) is 0 Å². The topological polar surface area (TPSA) is 58.3 Å². The summed E-state index contributed by atoms with van der Waals surface area (Å²) in [5.74, 6) is 0.351. The van der Waals surface area contributed by atoms with Crippen molar-refractivity contribution in [2.24, 2.45) is 0 Å². The van der Waals surface area contributed by atoms with Crippen LogP contribution in [0.1, 0.15) is 24.1 Å². The van der Waals surface area contributed by atoms with Crippen LogP contribution in [-0.4, -0.2) is 11.7 Å². The van der Waals surface area contributed by atoms with Crippen molar-refractivity contribution >= 4 is 5.69 Å². The van der Waals surface area contributed by atoms with Crippen molar-refractivity contribution in [3.05, 3.63) is 23.3 Å². The molecule has 0 aliphatic carbocycles. The number of nitrogens with one attached hydrogen (secondary N) is 1. The van der Waals surface area contributed by atoms with Gasteiger partial charge in [-0.1, -0.05) is 0 Å². The number of anilines is 1. The fourth-order valence-electron chi connectivity index (χ4n) is 1.95. The quantitative estimate of drug-likeness (QED) is 0.413. The lowest BCUT2D eigenvalue weighted by atomic mass is 9.93. The van der Waals surface area contributed by atoms with Crippen LogP contribution in [0.3, 0.4) is 0 Å².